The topological polar surface area (TPSA) is 24.9 Å². The minimum Gasteiger partial charge on any atom is -0.302 e. The molecule has 1 heterocycles. The number of halogens is 1. The molecule has 1 saturated carbocycles. The first-order valence-corrected chi connectivity index (χ1v) is 8.48. The summed E-state index contributed by atoms with van der Waals surface area (Å²) in [6.07, 6.45) is 5.48. The maximum atomic E-state index is 6.09. The summed E-state index contributed by atoms with van der Waals surface area (Å²) in [7, 11) is 0. The molecule has 1 N–H and O–H groups in total. The van der Waals surface area contributed by atoms with Crippen LogP contribution >= 0.6 is 11.6 Å². The number of nitrogens with one attached hydrogen (secondary N) is 1. The average molecular weight is 323 g/mol. The van der Waals surface area contributed by atoms with Crippen LogP contribution in [0.5, 0.6) is 0 Å². The predicted molar refractivity (Wildman–Crippen MR) is 95.6 cm³/mol. The highest BCUT2D eigenvalue weighted by molar-refractivity contribution is 6.31. The second kappa shape index (κ2) is 5.95. The lowest BCUT2D eigenvalue weighted by Gasteiger charge is -2.43. The number of hydrogen-bond acceptors (Lipinski definition) is 2. The Kier molecular flexibility index (Phi) is 3.80. The molecule has 4 rings (SSSR count). The fourth-order valence-corrected chi connectivity index (χ4v) is 3.56. The summed E-state index contributed by atoms with van der Waals surface area (Å²) >= 11 is 6.09. The highest BCUT2D eigenvalue weighted by Crippen LogP contribution is 2.42. The Morgan fingerprint density at radius 2 is 1.83 bits per heavy atom. The third-order valence-corrected chi connectivity index (χ3v) is 5.13. The first kappa shape index (κ1) is 14.7. The molecule has 1 aliphatic carbocycles. The zero-order valence-electron chi connectivity index (χ0n) is 12.9. The Morgan fingerprint density at radius 1 is 1.00 bits per heavy atom. The molecule has 2 nitrogen and oxygen atoms in total. The Labute approximate surface area is 141 Å². The number of benzene rings is 2. The number of aromatic nitrogens is 1. The van der Waals surface area contributed by atoms with Gasteiger partial charge in [-0.2, -0.15) is 0 Å². The summed E-state index contributed by atoms with van der Waals surface area (Å²) in [5.41, 5.74) is 2.55. The molecule has 0 unspecified atom stereocenters. The molecule has 3 heteroatoms. The van der Waals surface area contributed by atoms with E-state index in [2.05, 4.69) is 40.6 Å². The molecule has 2 aromatic carbocycles. The van der Waals surface area contributed by atoms with E-state index in [1.165, 1.54) is 35.6 Å². The normalized spacial score (nSPS) is 16.2. The summed E-state index contributed by atoms with van der Waals surface area (Å²) in [5, 5.41) is 6.98. The van der Waals surface area contributed by atoms with E-state index in [0.29, 0.717) is 0 Å². The molecular weight excluding hydrogens is 304 g/mol. The predicted octanol–water partition coefficient (Wildman–Crippen LogP) is 5.06. The second-order valence-corrected chi connectivity index (χ2v) is 6.75. The molecule has 3 aromatic rings. The lowest BCUT2D eigenvalue weighted by Crippen LogP contribution is -2.47. The van der Waals surface area contributed by atoms with Gasteiger partial charge in [0, 0.05) is 23.3 Å². The smallest absolute Gasteiger partial charge is 0.0541 e. The maximum Gasteiger partial charge on any atom is 0.0541 e. The van der Waals surface area contributed by atoms with E-state index in [4.69, 9.17) is 11.6 Å². The van der Waals surface area contributed by atoms with Crippen LogP contribution in [0.2, 0.25) is 5.02 Å². The third-order valence-electron chi connectivity index (χ3n) is 4.90. The fraction of sp³-hybridized carbons (Fsp3) is 0.250. The molecule has 116 valence electrons. The van der Waals surface area contributed by atoms with Crippen molar-refractivity contribution in [2.24, 2.45) is 0 Å². The van der Waals surface area contributed by atoms with Crippen LogP contribution in [-0.2, 0) is 12.1 Å². The molecule has 23 heavy (non-hydrogen) atoms. The van der Waals surface area contributed by atoms with Crippen molar-refractivity contribution >= 4 is 22.4 Å². The van der Waals surface area contributed by atoms with E-state index in [1.807, 2.05) is 30.5 Å². The first-order chi connectivity index (χ1) is 11.3. The molecule has 1 fully saturated rings. The molecule has 0 amide bonds. The van der Waals surface area contributed by atoms with E-state index in [0.717, 1.165) is 17.3 Å². The van der Waals surface area contributed by atoms with Gasteiger partial charge in [0.05, 0.1) is 5.69 Å². The largest absolute Gasteiger partial charge is 0.302 e. The minimum atomic E-state index is 0.0886. The van der Waals surface area contributed by atoms with Gasteiger partial charge in [0.2, 0.25) is 0 Å². The van der Waals surface area contributed by atoms with Crippen molar-refractivity contribution in [3.05, 3.63) is 77.1 Å². The van der Waals surface area contributed by atoms with Gasteiger partial charge in [-0.15, -0.1) is 0 Å². The van der Waals surface area contributed by atoms with Crippen molar-refractivity contribution in [1.29, 1.82) is 0 Å². The van der Waals surface area contributed by atoms with E-state index in [1.54, 1.807) is 0 Å². The number of hydrogen-bond donors (Lipinski definition) is 1. The highest BCUT2D eigenvalue weighted by Gasteiger charge is 2.38. The highest BCUT2D eigenvalue weighted by atomic mass is 35.5. The van der Waals surface area contributed by atoms with Gasteiger partial charge < -0.3 is 5.32 Å². The van der Waals surface area contributed by atoms with Crippen LogP contribution in [0.3, 0.4) is 0 Å². The van der Waals surface area contributed by atoms with Crippen LogP contribution < -0.4 is 5.32 Å². The molecule has 1 aliphatic rings. The standard InChI is InChI=1S/C20H19ClN2/c21-18-8-6-15-12-17(7-5-16(15)13-18)20(9-3-10-20)23-14-19-4-1-2-11-22-19/h1-2,4-8,11-13,23H,3,9-10,14H2. The molecule has 0 atom stereocenters. The van der Waals surface area contributed by atoms with Gasteiger partial charge in [0.25, 0.3) is 0 Å². The number of nitrogens with zero attached hydrogens (tertiary/aromatic N) is 1. The monoisotopic (exact) mass is 322 g/mol. The fourth-order valence-electron chi connectivity index (χ4n) is 3.37. The maximum absolute atomic E-state index is 6.09. The molecule has 0 spiro atoms. The van der Waals surface area contributed by atoms with E-state index in [9.17, 15) is 0 Å². The Balaban J connectivity index is 1.62. The Hall–Kier alpha value is -1.90. The molecule has 0 saturated heterocycles. The third kappa shape index (κ3) is 2.85. The average Bonchev–Trinajstić information content (AvgIpc) is 2.55. The second-order valence-electron chi connectivity index (χ2n) is 6.32. The lowest BCUT2D eigenvalue weighted by atomic mass is 9.71. The number of fused-ring (bicyclic) bond motifs is 1. The van der Waals surface area contributed by atoms with Crippen molar-refractivity contribution in [3.63, 3.8) is 0 Å². The zero-order valence-corrected chi connectivity index (χ0v) is 13.7. The minimum absolute atomic E-state index is 0.0886. The van der Waals surface area contributed by atoms with Crippen molar-refractivity contribution < 1.29 is 0 Å². The Bertz CT molecular complexity index is 825. The molecular formula is C20H19ClN2. The van der Waals surface area contributed by atoms with Crippen molar-refractivity contribution in [3.8, 4) is 0 Å². The Morgan fingerprint density at radius 3 is 2.57 bits per heavy atom. The van der Waals surface area contributed by atoms with Crippen LogP contribution in [-0.4, -0.2) is 4.98 Å². The van der Waals surface area contributed by atoms with Crippen LogP contribution in [0.25, 0.3) is 10.8 Å². The zero-order chi connectivity index (χ0) is 15.7. The van der Waals surface area contributed by atoms with Crippen molar-refractivity contribution in [2.45, 2.75) is 31.3 Å². The lowest BCUT2D eigenvalue weighted by molar-refractivity contribution is 0.183. The van der Waals surface area contributed by atoms with E-state index in [-0.39, 0.29) is 5.54 Å². The summed E-state index contributed by atoms with van der Waals surface area (Å²) in [6.45, 7) is 0.805. The van der Waals surface area contributed by atoms with Crippen LogP contribution in [0.4, 0.5) is 0 Å². The SMILES string of the molecule is Clc1ccc2cc(C3(NCc4ccccn4)CCC3)ccc2c1. The summed E-state index contributed by atoms with van der Waals surface area (Å²) < 4.78 is 0. The van der Waals surface area contributed by atoms with Crippen molar-refractivity contribution in [1.82, 2.24) is 10.3 Å². The molecule has 0 radical (unpaired) electrons. The molecule has 1 aromatic heterocycles. The van der Waals surface area contributed by atoms with Gasteiger partial charge in [-0.3, -0.25) is 4.98 Å². The van der Waals surface area contributed by atoms with Crippen LogP contribution in [0.1, 0.15) is 30.5 Å². The van der Waals surface area contributed by atoms with Gasteiger partial charge in [0.1, 0.15) is 0 Å². The summed E-state index contributed by atoms with van der Waals surface area (Å²) in [4.78, 5) is 4.42. The first-order valence-electron chi connectivity index (χ1n) is 8.10. The summed E-state index contributed by atoms with van der Waals surface area (Å²) in [6, 6.07) is 18.9. The van der Waals surface area contributed by atoms with Crippen LogP contribution in [0.15, 0.2) is 60.8 Å². The van der Waals surface area contributed by atoms with E-state index >= 15 is 0 Å². The van der Waals surface area contributed by atoms with Gasteiger partial charge >= 0.3 is 0 Å². The van der Waals surface area contributed by atoms with Gasteiger partial charge in [-0.05, 0) is 65.9 Å². The van der Waals surface area contributed by atoms with Crippen molar-refractivity contribution in [2.75, 3.05) is 0 Å². The number of rotatable bonds is 4. The van der Waals surface area contributed by atoms with Crippen LogP contribution in [0, 0.1) is 0 Å². The molecule has 0 aliphatic heterocycles. The summed E-state index contributed by atoms with van der Waals surface area (Å²) in [5.74, 6) is 0. The van der Waals surface area contributed by atoms with Gasteiger partial charge in [-0.25, -0.2) is 0 Å². The quantitative estimate of drug-likeness (QED) is 0.726. The molecule has 0 bridgehead atoms. The number of pyridine rings is 1. The van der Waals surface area contributed by atoms with Gasteiger partial charge in [-0.1, -0.05) is 35.9 Å². The van der Waals surface area contributed by atoms with E-state index < -0.39 is 0 Å². The van der Waals surface area contributed by atoms with Gasteiger partial charge in [0.15, 0.2) is 0 Å².